The Bertz CT molecular complexity index is 329. The second-order valence-corrected chi connectivity index (χ2v) is 3.58. The molecule has 1 aromatic carbocycles. The Morgan fingerprint density at radius 2 is 2.00 bits per heavy atom. The van der Waals surface area contributed by atoms with Crippen LogP contribution in [0.4, 0.5) is 8.78 Å². The molecule has 0 aromatic heterocycles. The molecular formula is C12H17F2NO. The van der Waals surface area contributed by atoms with E-state index < -0.39 is 5.92 Å². The number of methoxy groups -OCH3 is 1. The second kappa shape index (κ2) is 5.80. The number of nitrogens with one attached hydrogen (secondary N) is 1. The van der Waals surface area contributed by atoms with Crippen LogP contribution in [0, 0.1) is 0 Å². The van der Waals surface area contributed by atoms with E-state index in [9.17, 15) is 8.78 Å². The largest absolute Gasteiger partial charge is 0.496 e. The monoisotopic (exact) mass is 229 g/mol. The third-order valence-corrected chi connectivity index (χ3v) is 2.27. The number of halogens is 2. The van der Waals surface area contributed by atoms with Crippen LogP contribution in [0.5, 0.6) is 5.75 Å². The first-order chi connectivity index (χ1) is 7.61. The van der Waals surface area contributed by atoms with Gasteiger partial charge in [-0.25, -0.2) is 0 Å². The molecule has 0 heterocycles. The molecule has 2 nitrogen and oxygen atoms in total. The summed E-state index contributed by atoms with van der Waals surface area (Å²) in [5, 5.41) is 2.72. The van der Waals surface area contributed by atoms with Gasteiger partial charge in [-0.3, -0.25) is 0 Å². The van der Waals surface area contributed by atoms with Gasteiger partial charge in [-0.15, -0.1) is 0 Å². The number of hydrogen-bond acceptors (Lipinski definition) is 2. The van der Waals surface area contributed by atoms with Gasteiger partial charge in [0, 0.05) is 0 Å². The molecule has 1 aromatic rings. The fourth-order valence-corrected chi connectivity index (χ4v) is 1.46. The van der Waals surface area contributed by atoms with Crippen molar-refractivity contribution in [2.24, 2.45) is 0 Å². The Labute approximate surface area is 94.6 Å². The van der Waals surface area contributed by atoms with E-state index >= 15 is 0 Å². The number of ether oxygens (including phenoxy) is 1. The standard InChI is InChI=1S/C12H17F2NO/c1-3-8-15-9-12(13,14)10-6-4-5-7-11(10)16-2/h4-7,15H,3,8-9H2,1-2H3. The van der Waals surface area contributed by atoms with Gasteiger partial charge in [0.05, 0.1) is 19.2 Å². The molecule has 1 rings (SSSR count). The quantitative estimate of drug-likeness (QED) is 0.757. The van der Waals surface area contributed by atoms with Crippen molar-refractivity contribution in [2.45, 2.75) is 19.3 Å². The minimum atomic E-state index is -2.90. The number of alkyl halides is 2. The minimum absolute atomic E-state index is 0.0684. The molecule has 0 amide bonds. The molecule has 0 bridgehead atoms. The lowest BCUT2D eigenvalue weighted by Gasteiger charge is -2.19. The third kappa shape index (κ3) is 3.17. The highest BCUT2D eigenvalue weighted by atomic mass is 19.3. The van der Waals surface area contributed by atoms with Crippen LogP contribution in [0.25, 0.3) is 0 Å². The molecule has 0 aliphatic carbocycles. The topological polar surface area (TPSA) is 21.3 Å². The maximum atomic E-state index is 13.8. The minimum Gasteiger partial charge on any atom is -0.496 e. The summed E-state index contributed by atoms with van der Waals surface area (Å²) in [6.45, 7) is 2.17. The maximum absolute atomic E-state index is 13.8. The van der Waals surface area contributed by atoms with Crippen molar-refractivity contribution < 1.29 is 13.5 Å². The Kier molecular flexibility index (Phi) is 4.68. The van der Waals surface area contributed by atoms with E-state index in [2.05, 4.69) is 5.32 Å². The summed E-state index contributed by atoms with van der Waals surface area (Å²) < 4.78 is 32.5. The van der Waals surface area contributed by atoms with Crippen molar-refractivity contribution in [3.8, 4) is 5.75 Å². The van der Waals surface area contributed by atoms with Gasteiger partial charge in [0.1, 0.15) is 5.75 Å². The summed E-state index contributed by atoms with van der Waals surface area (Å²) in [4.78, 5) is 0. The Hall–Kier alpha value is -1.16. The van der Waals surface area contributed by atoms with Crippen molar-refractivity contribution in [3.05, 3.63) is 29.8 Å². The second-order valence-electron chi connectivity index (χ2n) is 3.58. The number of rotatable bonds is 6. The summed E-state index contributed by atoms with van der Waals surface area (Å²) in [6, 6.07) is 6.21. The normalized spacial score (nSPS) is 11.5. The molecule has 90 valence electrons. The van der Waals surface area contributed by atoms with Gasteiger partial charge in [-0.2, -0.15) is 8.78 Å². The van der Waals surface area contributed by atoms with E-state index in [-0.39, 0.29) is 17.9 Å². The molecule has 0 unspecified atom stereocenters. The first kappa shape index (κ1) is 12.9. The molecule has 4 heteroatoms. The first-order valence-corrected chi connectivity index (χ1v) is 5.34. The maximum Gasteiger partial charge on any atom is 0.288 e. The molecule has 0 fully saturated rings. The fraction of sp³-hybridized carbons (Fsp3) is 0.500. The Morgan fingerprint density at radius 3 is 2.62 bits per heavy atom. The molecule has 1 N–H and O–H groups in total. The van der Waals surface area contributed by atoms with Crippen molar-refractivity contribution >= 4 is 0 Å². The van der Waals surface area contributed by atoms with Crippen molar-refractivity contribution in [3.63, 3.8) is 0 Å². The van der Waals surface area contributed by atoms with Crippen LogP contribution in [-0.4, -0.2) is 20.2 Å². The molecule has 0 aliphatic rings. The van der Waals surface area contributed by atoms with Crippen LogP contribution in [0.1, 0.15) is 18.9 Å². The third-order valence-electron chi connectivity index (χ3n) is 2.27. The van der Waals surface area contributed by atoms with Crippen LogP contribution in [-0.2, 0) is 5.92 Å². The Morgan fingerprint density at radius 1 is 1.31 bits per heavy atom. The molecule has 0 saturated carbocycles. The number of hydrogen-bond donors (Lipinski definition) is 1. The number of benzene rings is 1. The molecular weight excluding hydrogens is 212 g/mol. The Balaban J connectivity index is 2.79. The summed E-state index contributed by atoms with van der Waals surface area (Å²) in [6.07, 6.45) is 0.835. The molecule has 0 aliphatic heterocycles. The van der Waals surface area contributed by atoms with Crippen LogP contribution in [0.2, 0.25) is 0 Å². The molecule has 0 atom stereocenters. The van der Waals surface area contributed by atoms with Gasteiger partial charge >= 0.3 is 0 Å². The van der Waals surface area contributed by atoms with Crippen LogP contribution in [0.15, 0.2) is 24.3 Å². The smallest absolute Gasteiger partial charge is 0.288 e. The predicted octanol–water partition coefficient (Wildman–Crippen LogP) is 2.79. The van der Waals surface area contributed by atoms with E-state index in [0.29, 0.717) is 6.54 Å². The summed E-state index contributed by atoms with van der Waals surface area (Å²) in [5.74, 6) is -2.67. The molecule has 0 spiro atoms. The molecule has 0 saturated heterocycles. The van der Waals surface area contributed by atoms with Gasteiger partial charge in [-0.1, -0.05) is 19.1 Å². The van der Waals surface area contributed by atoms with E-state index in [1.807, 2.05) is 6.92 Å². The molecule has 16 heavy (non-hydrogen) atoms. The highest BCUT2D eigenvalue weighted by Gasteiger charge is 2.33. The van der Waals surface area contributed by atoms with E-state index in [4.69, 9.17) is 4.74 Å². The zero-order valence-corrected chi connectivity index (χ0v) is 9.59. The van der Waals surface area contributed by atoms with Gasteiger partial charge in [0.2, 0.25) is 0 Å². The zero-order valence-electron chi connectivity index (χ0n) is 9.59. The average Bonchev–Trinajstić information content (AvgIpc) is 2.29. The van der Waals surface area contributed by atoms with Gasteiger partial charge < -0.3 is 10.1 Å². The summed E-state index contributed by atoms with van der Waals surface area (Å²) >= 11 is 0. The van der Waals surface area contributed by atoms with Gasteiger partial charge in [0.25, 0.3) is 5.92 Å². The zero-order chi connectivity index (χ0) is 12.0. The van der Waals surface area contributed by atoms with E-state index in [1.54, 1.807) is 18.2 Å². The highest BCUT2D eigenvalue weighted by molar-refractivity contribution is 5.36. The van der Waals surface area contributed by atoms with Crippen LogP contribution < -0.4 is 10.1 Å². The van der Waals surface area contributed by atoms with Crippen molar-refractivity contribution in [1.82, 2.24) is 5.32 Å². The predicted molar refractivity (Wildman–Crippen MR) is 60.0 cm³/mol. The lowest BCUT2D eigenvalue weighted by molar-refractivity contribution is -0.00503. The van der Waals surface area contributed by atoms with Crippen molar-refractivity contribution in [2.75, 3.05) is 20.2 Å². The van der Waals surface area contributed by atoms with Gasteiger partial charge in [-0.05, 0) is 25.1 Å². The molecule has 0 radical (unpaired) electrons. The highest BCUT2D eigenvalue weighted by Crippen LogP contribution is 2.34. The lowest BCUT2D eigenvalue weighted by Crippen LogP contribution is -2.31. The SMILES string of the molecule is CCCNCC(F)(F)c1ccccc1OC. The van der Waals surface area contributed by atoms with E-state index in [0.717, 1.165) is 6.42 Å². The van der Waals surface area contributed by atoms with Crippen LogP contribution >= 0.6 is 0 Å². The fourth-order valence-electron chi connectivity index (χ4n) is 1.46. The first-order valence-electron chi connectivity index (χ1n) is 5.34. The number of para-hydroxylation sites is 1. The van der Waals surface area contributed by atoms with Crippen molar-refractivity contribution in [1.29, 1.82) is 0 Å². The summed E-state index contributed by atoms with van der Waals surface area (Å²) in [7, 11) is 1.40. The van der Waals surface area contributed by atoms with Gasteiger partial charge in [0.15, 0.2) is 0 Å². The average molecular weight is 229 g/mol. The lowest BCUT2D eigenvalue weighted by atomic mass is 10.1. The van der Waals surface area contributed by atoms with Crippen LogP contribution in [0.3, 0.4) is 0 Å². The summed E-state index contributed by atoms with van der Waals surface area (Å²) in [5.41, 5.74) is -0.0684. The van der Waals surface area contributed by atoms with E-state index in [1.165, 1.54) is 13.2 Å².